The van der Waals surface area contributed by atoms with E-state index in [1.165, 1.54) is 51.4 Å². The van der Waals surface area contributed by atoms with Crippen LogP contribution in [0.1, 0.15) is 175 Å². The number of phosphoric acid groups is 2. The maximum absolute atomic E-state index is 12.6. The number of rotatable bonds is 40. The highest BCUT2D eigenvalue weighted by Gasteiger charge is 2.28. The molecule has 3 atom stereocenters. The first-order chi connectivity index (χ1) is 27.1. The summed E-state index contributed by atoms with van der Waals surface area (Å²) in [4.78, 5) is 64.4. The summed E-state index contributed by atoms with van der Waals surface area (Å²) >= 11 is 0. The summed E-state index contributed by atoms with van der Waals surface area (Å²) in [5.41, 5.74) is 0. The third kappa shape index (κ3) is 40.8. The van der Waals surface area contributed by atoms with E-state index < -0.39 is 66.2 Å². The molecule has 16 heteroatoms. The van der Waals surface area contributed by atoms with Crippen LogP contribution in [0.4, 0.5) is 0 Å². The summed E-state index contributed by atoms with van der Waals surface area (Å²) in [7, 11) is -9.69. The van der Waals surface area contributed by atoms with E-state index in [2.05, 4.69) is 29.8 Å². The number of ether oxygens (including phenoxy) is 2. The maximum Gasteiger partial charge on any atom is 0.472 e. The number of carbonyl (C=O) groups excluding carboxylic acids is 3. The van der Waals surface area contributed by atoms with Crippen molar-refractivity contribution in [3.8, 4) is 0 Å². The van der Waals surface area contributed by atoms with Gasteiger partial charge in [0.1, 0.15) is 12.7 Å². The van der Waals surface area contributed by atoms with Crippen molar-refractivity contribution in [2.75, 3.05) is 26.4 Å². The van der Waals surface area contributed by atoms with Gasteiger partial charge < -0.3 is 29.3 Å². The fourth-order valence-electron chi connectivity index (χ4n) is 5.69. The Labute approximate surface area is 342 Å². The van der Waals surface area contributed by atoms with Crippen LogP contribution in [-0.2, 0) is 46.6 Å². The average Bonchev–Trinajstić information content (AvgIpc) is 3.14. The molecule has 0 aromatic rings. The lowest BCUT2D eigenvalue weighted by atomic mass is 10.0. The Morgan fingerprint density at radius 3 is 1.68 bits per heavy atom. The summed E-state index contributed by atoms with van der Waals surface area (Å²) in [6.45, 7) is 3.86. The van der Waals surface area contributed by atoms with Crippen LogP contribution in [0.25, 0.3) is 0 Å². The average molecular weight is 855 g/mol. The molecule has 57 heavy (non-hydrogen) atoms. The van der Waals surface area contributed by atoms with Crippen molar-refractivity contribution in [2.45, 2.75) is 187 Å². The number of ketones is 1. The van der Waals surface area contributed by atoms with Crippen LogP contribution in [0.2, 0.25) is 0 Å². The first-order valence-corrected chi connectivity index (χ1v) is 24.4. The van der Waals surface area contributed by atoms with Crippen molar-refractivity contribution in [3.63, 3.8) is 0 Å². The van der Waals surface area contributed by atoms with Crippen LogP contribution in [0, 0.1) is 5.92 Å². The quantitative estimate of drug-likeness (QED) is 0.0149. The Morgan fingerprint density at radius 1 is 0.596 bits per heavy atom. The van der Waals surface area contributed by atoms with Gasteiger partial charge in [-0.3, -0.25) is 28.0 Å². The summed E-state index contributed by atoms with van der Waals surface area (Å²) < 4.78 is 47.7. The number of esters is 2. The Balaban J connectivity index is 4.59. The molecular weight excluding hydrogens is 778 g/mol. The predicted octanol–water partition coefficient (Wildman–Crippen LogP) is 9.76. The molecule has 334 valence electrons. The normalized spacial score (nSPS) is 14.3. The summed E-state index contributed by atoms with van der Waals surface area (Å²) in [5, 5.41) is 9.73. The molecule has 0 aromatic heterocycles. The zero-order chi connectivity index (χ0) is 42.6. The minimum Gasteiger partial charge on any atom is -0.462 e. The van der Waals surface area contributed by atoms with Crippen LogP contribution in [0.15, 0.2) is 24.3 Å². The molecule has 4 N–H and O–H groups in total. The minimum atomic E-state index is -4.87. The smallest absolute Gasteiger partial charge is 0.462 e. The topological polar surface area (TPSA) is 212 Å². The third-order valence-corrected chi connectivity index (χ3v) is 10.4. The number of unbranched alkanes of at least 4 members (excludes halogenated alkanes) is 17. The zero-order valence-electron chi connectivity index (χ0n) is 35.1. The summed E-state index contributed by atoms with van der Waals surface area (Å²) in [5.74, 6) is -0.163. The third-order valence-electron chi connectivity index (χ3n) is 8.99. The predicted molar refractivity (Wildman–Crippen MR) is 221 cm³/mol. The summed E-state index contributed by atoms with van der Waals surface area (Å²) in [6.07, 6.45) is 27.3. The second kappa shape index (κ2) is 36.1. The van der Waals surface area contributed by atoms with Gasteiger partial charge in [-0.2, -0.15) is 0 Å². The molecule has 0 aliphatic rings. The molecule has 0 saturated heterocycles. The minimum absolute atomic E-state index is 0.0821. The lowest BCUT2D eigenvalue weighted by molar-refractivity contribution is -0.161. The number of carbonyl (C=O) groups is 3. The van der Waals surface area contributed by atoms with Gasteiger partial charge in [-0.25, -0.2) is 9.13 Å². The van der Waals surface area contributed by atoms with Crippen LogP contribution in [0.5, 0.6) is 0 Å². The van der Waals surface area contributed by atoms with Crippen molar-refractivity contribution in [3.05, 3.63) is 24.3 Å². The number of phosphoric ester groups is 2. The number of aliphatic hydroxyl groups excluding tert-OH is 1. The molecule has 0 aromatic carbocycles. The number of allylic oxidation sites excluding steroid dienone is 4. The molecule has 0 bridgehead atoms. The Bertz CT molecular complexity index is 1190. The van der Waals surface area contributed by atoms with Gasteiger partial charge in [0.15, 0.2) is 11.9 Å². The van der Waals surface area contributed by atoms with Gasteiger partial charge in [0.05, 0.1) is 19.8 Å². The van der Waals surface area contributed by atoms with Gasteiger partial charge in [-0.05, 0) is 44.1 Å². The van der Waals surface area contributed by atoms with Crippen molar-refractivity contribution in [2.24, 2.45) is 5.92 Å². The molecule has 14 nitrogen and oxygen atoms in total. The molecule has 0 aliphatic heterocycles. The first-order valence-electron chi connectivity index (χ1n) is 21.3. The van der Waals surface area contributed by atoms with Gasteiger partial charge in [-0.15, -0.1) is 0 Å². The molecule has 0 spiro atoms. The largest absolute Gasteiger partial charge is 0.472 e. The lowest BCUT2D eigenvalue weighted by Gasteiger charge is -2.20. The zero-order valence-corrected chi connectivity index (χ0v) is 36.9. The van der Waals surface area contributed by atoms with Crippen molar-refractivity contribution in [1.82, 2.24) is 0 Å². The maximum atomic E-state index is 12.6. The second-order valence-electron chi connectivity index (χ2n) is 15.1. The Morgan fingerprint density at radius 2 is 1.11 bits per heavy atom. The van der Waals surface area contributed by atoms with Gasteiger partial charge in [-0.1, -0.05) is 142 Å². The fraction of sp³-hybridized carbons (Fsp3) is 0.829. The van der Waals surface area contributed by atoms with E-state index in [1.54, 1.807) is 12.2 Å². The van der Waals surface area contributed by atoms with Crippen molar-refractivity contribution >= 4 is 33.4 Å². The molecule has 0 saturated carbocycles. The molecule has 0 heterocycles. The van der Waals surface area contributed by atoms with Crippen molar-refractivity contribution < 1.29 is 66.3 Å². The fourth-order valence-corrected chi connectivity index (χ4v) is 6.85. The van der Waals surface area contributed by atoms with E-state index in [0.29, 0.717) is 19.3 Å². The van der Waals surface area contributed by atoms with E-state index in [0.717, 1.165) is 76.5 Å². The Hall–Kier alpha value is -1.73. The molecule has 0 amide bonds. The van der Waals surface area contributed by atoms with Crippen LogP contribution < -0.4 is 0 Å². The monoisotopic (exact) mass is 854 g/mol. The highest BCUT2D eigenvalue weighted by molar-refractivity contribution is 7.47. The van der Waals surface area contributed by atoms with E-state index in [9.17, 15) is 33.5 Å². The molecular formula is C41H76O14P2. The van der Waals surface area contributed by atoms with Gasteiger partial charge in [0.2, 0.25) is 0 Å². The highest BCUT2D eigenvalue weighted by atomic mass is 31.2. The lowest BCUT2D eigenvalue weighted by Crippen LogP contribution is -2.30. The van der Waals surface area contributed by atoms with Gasteiger partial charge in [0, 0.05) is 19.3 Å². The van der Waals surface area contributed by atoms with Crippen LogP contribution >= 0.6 is 15.6 Å². The van der Waals surface area contributed by atoms with E-state index in [1.807, 2.05) is 12.2 Å². The SMILES string of the molecule is CCCCCC(=O)/C=C/C=C\CCCCCCCC(=O)O[C@H](COC(=O)CCCCCCCCCCCCCC(C)C)COP(=O)(O)OC[C@@H](O)COP(=O)(O)O. The van der Waals surface area contributed by atoms with E-state index in [4.69, 9.17) is 23.8 Å². The second-order valence-corrected chi connectivity index (χ2v) is 17.8. The highest BCUT2D eigenvalue weighted by Crippen LogP contribution is 2.43. The summed E-state index contributed by atoms with van der Waals surface area (Å²) in [6, 6.07) is 0. The molecule has 0 fully saturated rings. The number of aliphatic hydroxyl groups is 1. The molecule has 0 radical (unpaired) electrons. The first kappa shape index (κ1) is 55.3. The van der Waals surface area contributed by atoms with Crippen molar-refractivity contribution in [1.29, 1.82) is 0 Å². The Kier molecular flexibility index (Phi) is 35.1. The number of hydrogen-bond donors (Lipinski definition) is 4. The number of hydrogen-bond acceptors (Lipinski definition) is 11. The molecule has 0 rings (SSSR count). The molecule has 0 aliphatic carbocycles. The van der Waals surface area contributed by atoms with Gasteiger partial charge in [0.25, 0.3) is 0 Å². The van der Waals surface area contributed by atoms with E-state index >= 15 is 0 Å². The standard InChI is InChI=1S/C41H76O14P2/c1-4-5-22-28-37(42)29-24-19-15-11-9-13-17-21-26-31-41(45)55-39(35-54-57(49,50)53-33-38(43)32-52-56(46,47)48)34-51-40(44)30-25-20-16-12-8-6-7-10-14-18-23-27-36(2)3/h15,19,24,29,36,38-39,43H,4-14,16-18,20-23,25-28,30-35H2,1-3H3,(H,49,50)(H2,46,47,48)/b19-15-,29-24+/t38-,39+/m0/s1. The van der Waals surface area contributed by atoms with E-state index in [-0.39, 0.29) is 18.6 Å². The van der Waals surface area contributed by atoms with Crippen LogP contribution in [0.3, 0.4) is 0 Å². The van der Waals surface area contributed by atoms with Crippen LogP contribution in [-0.4, -0.2) is 76.1 Å². The van der Waals surface area contributed by atoms with Gasteiger partial charge >= 0.3 is 27.6 Å². The molecule has 1 unspecified atom stereocenters.